The van der Waals surface area contributed by atoms with Crippen LogP contribution in [0.5, 0.6) is 5.75 Å². The third kappa shape index (κ3) is 3.16. The van der Waals surface area contributed by atoms with Crippen molar-refractivity contribution in [1.29, 1.82) is 0 Å². The van der Waals surface area contributed by atoms with Crippen LogP contribution < -0.4 is 5.56 Å². The first kappa shape index (κ1) is 16.9. The zero-order valence-corrected chi connectivity index (χ0v) is 14.7. The number of H-pyrrole nitrogens is 1. The molecule has 0 radical (unpaired) electrons. The second kappa shape index (κ2) is 6.67. The SMILES string of the molecule is O=C(CC1(C2CCCCC2)CC1)c1nc(-c2ccccn2)[nH]c(=O)c1O. The van der Waals surface area contributed by atoms with Crippen LogP contribution in [0, 0.1) is 11.3 Å². The highest BCUT2D eigenvalue weighted by atomic mass is 16.3. The van der Waals surface area contributed by atoms with E-state index in [0.29, 0.717) is 18.0 Å². The van der Waals surface area contributed by atoms with Gasteiger partial charge in [-0.25, -0.2) is 4.98 Å². The van der Waals surface area contributed by atoms with Crippen molar-refractivity contribution in [3.63, 3.8) is 0 Å². The van der Waals surface area contributed by atoms with Crippen LogP contribution in [0.3, 0.4) is 0 Å². The van der Waals surface area contributed by atoms with Crippen LogP contribution in [0.2, 0.25) is 0 Å². The highest BCUT2D eigenvalue weighted by Crippen LogP contribution is 2.59. The Morgan fingerprint density at radius 2 is 2.00 bits per heavy atom. The predicted octanol–water partition coefficient (Wildman–Crippen LogP) is 3.47. The maximum absolute atomic E-state index is 12.9. The summed E-state index contributed by atoms with van der Waals surface area (Å²) in [6, 6.07) is 5.24. The minimum atomic E-state index is -0.702. The summed E-state index contributed by atoms with van der Waals surface area (Å²) in [5.74, 6) is -0.0400. The number of rotatable bonds is 5. The zero-order chi connectivity index (χ0) is 18.1. The number of carbonyl (C=O) groups is 1. The molecule has 0 saturated heterocycles. The highest BCUT2D eigenvalue weighted by Gasteiger charge is 2.50. The Balaban J connectivity index is 1.62. The number of carbonyl (C=O) groups excluding carboxylic acids is 1. The first-order valence-electron chi connectivity index (χ1n) is 9.37. The van der Waals surface area contributed by atoms with E-state index in [1.165, 1.54) is 32.1 Å². The molecule has 0 aromatic carbocycles. The molecule has 26 heavy (non-hydrogen) atoms. The molecule has 2 fully saturated rings. The van der Waals surface area contributed by atoms with Gasteiger partial charge >= 0.3 is 0 Å². The second-order valence-electron chi connectivity index (χ2n) is 7.62. The van der Waals surface area contributed by atoms with E-state index in [4.69, 9.17) is 0 Å². The van der Waals surface area contributed by atoms with Gasteiger partial charge in [-0.1, -0.05) is 25.3 Å². The lowest BCUT2D eigenvalue weighted by Crippen LogP contribution is -2.24. The number of pyridine rings is 1. The minimum absolute atomic E-state index is 0.0549. The van der Waals surface area contributed by atoms with Crippen molar-refractivity contribution in [2.75, 3.05) is 0 Å². The maximum atomic E-state index is 12.9. The number of aromatic amines is 1. The summed E-state index contributed by atoms with van der Waals surface area (Å²) in [5.41, 5.74) is -0.311. The normalized spacial score (nSPS) is 19.2. The maximum Gasteiger partial charge on any atom is 0.294 e. The number of ketones is 1. The molecular weight excluding hydrogens is 330 g/mol. The van der Waals surface area contributed by atoms with Crippen LogP contribution in [-0.4, -0.2) is 25.8 Å². The fourth-order valence-corrected chi connectivity index (χ4v) is 4.29. The molecule has 4 rings (SSSR count). The molecule has 2 heterocycles. The van der Waals surface area contributed by atoms with Crippen LogP contribution in [0.4, 0.5) is 0 Å². The molecule has 6 nitrogen and oxygen atoms in total. The van der Waals surface area contributed by atoms with E-state index in [2.05, 4.69) is 15.0 Å². The van der Waals surface area contributed by atoms with Crippen molar-refractivity contribution in [2.45, 2.75) is 51.4 Å². The van der Waals surface area contributed by atoms with Gasteiger partial charge in [-0.05, 0) is 49.1 Å². The van der Waals surface area contributed by atoms with Gasteiger partial charge in [0.05, 0.1) is 0 Å². The van der Waals surface area contributed by atoms with E-state index in [0.717, 1.165) is 12.8 Å². The van der Waals surface area contributed by atoms with E-state index in [1.54, 1.807) is 24.4 Å². The van der Waals surface area contributed by atoms with Crippen LogP contribution in [0.25, 0.3) is 11.5 Å². The third-order valence-electron chi connectivity index (χ3n) is 5.94. The van der Waals surface area contributed by atoms with Crippen LogP contribution in [0.1, 0.15) is 61.9 Å². The van der Waals surface area contributed by atoms with Gasteiger partial charge in [-0.3, -0.25) is 14.6 Å². The zero-order valence-electron chi connectivity index (χ0n) is 14.7. The third-order valence-corrected chi connectivity index (χ3v) is 5.94. The Kier molecular flexibility index (Phi) is 4.34. The number of hydrogen-bond donors (Lipinski definition) is 2. The topological polar surface area (TPSA) is 95.9 Å². The first-order chi connectivity index (χ1) is 12.6. The molecule has 2 N–H and O–H groups in total. The number of nitrogens with one attached hydrogen (secondary N) is 1. The largest absolute Gasteiger partial charge is 0.501 e. The summed E-state index contributed by atoms with van der Waals surface area (Å²) in [6.45, 7) is 0. The molecule has 0 bridgehead atoms. The molecule has 0 spiro atoms. The van der Waals surface area contributed by atoms with Gasteiger partial charge in [0.1, 0.15) is 5.69 Å². The number of Topliss-reactive ketones (excluding diaryl/α,β-unsaturated/α-hetero) is 1. The standard InChI is InChI=1S/C20H23N3O3/c24-15(12-20(9-10-20)13-6-2-1-3-7-13)16-17(25)19(26)23-18(22-16)14-8-4-5-11-21-14/h4-5,8,11,13,25H,1-3,6-7,9-10,12H2,(H,22,23,26). The fraction of sp³-hybridized carbons (Fsp3) is 0.500. The highest BCUT2D eigenvalue weighted by molar-refractivity contribution is 5.97. The lowest BCUT2D eigenvalue weighted by molar-refractivity contribution is 0.0907. The number of nitrogens with zero attached hydrogens (tertiary/aromatic N) is 2. The average Bonchev–Trinajstić information content (AvgIpc) is 3.46. The molecule has 2 aromatic rings. The lowest BCUT2D eigenvalue weighted by atomic mass is 9.75. The number of aromatic nitrogens is 3. The van der Waals surface area contributed by atoms with Crippen molar-refractivity contribution in [2.24, 2.45) is 11.3 Å². The van der Waals surface area contributed by atoms with E-state index in [1.807, 2.05) is 0 Å². The summed E-state index contributed by atoms with van der Waals surface area (Å²) in [6.07, 6.45) is 10.2. The average molecular weight is 353 g/mol. The Morgan fingerprint density at radius 3 is 2.65 bits per heavy atom. The van der Waals surface area contributed by atoms with Gasteiger partial charge in [0, 0.05) is 12.6 Å². The molecule has 0 atom stereocenters. The Morgan fingerprint density at radius 1 is 1.23 bits per heavy atom. The van der Waals surface area contributed by atoms with Gasteiger partial charge in [0.25, 0.3) is 5.56 Å². The van der Waals surface area contributed by atoms with Crippen LogP contribution in [0.15, 0.2) is 29.2 Å². The van der Waals surface area contributed by atoms with E-state index < -0.39 is 11.3 Å². The van der Waals surface area contributed by atoms with Crippen molar-refractivity contribution in [1.82, 2.24) is 15.0 Å². The Bertz CT molecular complexity index is 866. The first-order valence-corrected chi connectivity index (χ1v) is 9.37. The van der Waals surface area contributed by atoms with E-state index >= 15 is 0 Å². The summed E-state index contributed by atoms with van der Waals surface area (Å²) < 4.78 is 0. The summed E-state index contributed by atoms with van der Waals surface area (Å²) in [5, 5.41) is 10.1. The van der Waals surface area contributed by atoms with Crippen molar-refractivity contribution >= 4 is 5.78 Å². The van der Waals surface area contributed by atoms with E-state index in [9.17, 15) is 14.7 Å². The molecule has 2 aliphatic carbocycles. The van der Waals surface area contributed by atoms with Gasteiger partial charge in [-0.15, -0.1) is 0 Å². The van der Waals surface area contributed by atoms with Crippen molar-refractivity contribution < 1.29 is 9.90 Å². The minimum Gasteiger partial charge on any atom is -0.501 e. The molecule has 136 valence electrons. The fourth-order valence-electron chi connectivity index (χ4n) is 4.29. The van der Waals surface area contributed by atoms with Gasteiger partial charge < -0.3 is 10.1 Å². The van der Waals surface area contributed by atoms with Crippen molar-refractivity contribution in [3.05, 3.63) is 40.4 Å². The quantitative estimate of drug-likeness (QED) is 0.802. The summed E-state index contributed by atoms with van der Waals surface area (Å²) >= 11 is 0. The van der Waals surface area contributed by atoms with Crippen molar-refractivity contribution in [3.8, 4) is 17.3 Å². The number of aromatic hydroxyl groups is 1. The van der Waals surface area contributed by atoms with E-state index in [-0.39, 0.29) is 22.7 Å². The summed E-state index contributed by atoms with van der Waals surface area (Å²) in [7, 11) is 0. The van der Waals surface area contributed by atoms with Gasteiger partial charge in [0.15, 0.2) is 17.3 Å². The molecule has 6 heteroatoms. The molecule has 0 unspecified atom stereocenters. The van der Waals surface area contributed by atoms with Crippen LogP contribution >= 0.6 is 0 Å². The molecule has 2 aliphatic rings. The Hall–Kier alpha value is -2.50. The molecule has 2 aromatic heterocycles. The lowest BCUT2D eigenvalue weighted by Gasteiger charge is -2.30. The van der Waals surface area contributed by atoms with Gasteiger partial charge in [0.2, 0.25) is 5.75 Å². The molecule has 0 amide bonds. The monoisotopic (exact) mass is 353 g/mol. The van der Waals surface area contributed by atoms with Gasteiger partial charge in [-0.2, -0.15) is 0 Å². The molecule has 2 saturated carbocycles. The predicted molar refractivity (Wildman–Crippen MR) is 96.9 cm³/mol. The van der Waals surface area contributed by atoms with Crippen LogP contribution in [-0.2, 0) is 0 Å². The smallest absolute Gasteiger partial charge is 0.294 e. The molecule has 0 aliphatic heterocycles. The number of hydrogen-bond acceptors (Lipinski definition) is 5. The Labute approximate surface area is 151 Å². The summed E-state index contributed by atoms with van der Waals surface area (Å²) in [4.78, 5) is 35.9. The molecular formula is C20H23N3O3. The second-order valence-corrected chi connectivity index (χ2v) is 7.62.